The van der Waals surface area contributed by atoms with Crippen LogP contribution < -0.4 is 4.78 Å². The molecule has 0 aromatic carbocycles. The first-order chi connectivity index (χ1) is 7.77. The molecule has 1 aromatic heterocycles. The zero-order valence-electron chi connectivity index (χ0n) is 10.8. The number of hydrogen-bond donors (Lipinski definition) is 0. The van der Waals surface area contributed by atoms with Crippen LogP contribution in [0.2, 0.25) is 0 Å². The fourth-order valence-electron chi connectivity index (χ4n) is 1.74. The Morgan fingerprint density at radius 3 is 2.18 bits per heavy atom. The fourth-order valence-corrected chi connectivity index (χ4v) is 2.67. The first-order valence-corrected chi connectivity index (χ1v) is 6.44. The lowest BCUT2D eigenvalue weighted by Crippen LogP contribution is -2.41. The van der Waals surface area contributed by atoms with Crippen LogP contribution in [0.3, 0.4) is 0 Å². The molecular weight excluding hydrogens is 233 g/mol. The van der Waals surface area contributed by atoms with E-state index in [4.69, 9.17) is 14.6 Å². The van der Waals surface area contributed by atoms with Crippen molar-refractivity contribution < 1.29 is 9.31 Å². The number of aryl methyl sites for hydroxylation is 1. The molecule has 0 bridgehead atoms. The molecule has 0 aliphatic carbocycles. The first kappa shape index (κ1) is 12.6. The van der Waals surface area contributed by atoms with Gasteiger partial charge in [0.25, 0.3) is 0 Å². The standard InChI is InChI=1S/C12H16BNO2S/c1-8-6-9(7-14)17-10(8)13-15-11(2,3)12(4,5)16-13/h6H,1-5H3. The second kappa shape index (κ2) is 3.84. The molecule has 2 heterocycles. The van der Waals surface area contributed by atoms with Gasteiger partial charge in [0.05, 0.1) is 11.2 Å². The highest BCUT2D eigenvalue weighted by molar-refractivity contribution is 7.23. The summed E-state index contributed by atoms with van der Waals surface area (Å²) in [7, 11) is -0.355. The molecule has 0 unspecified atom stereocenters. The zero-order valence-corrected chi connectivity index (χ0v) is 11.6. The lowest BCUT2D eigenvalue weighted by atomic mass is 9.85. The van der Waals surface area contributed by atoms with Crippen molar-refractivity contribution in [2.24, 2.45) is 0 Å². The lowest BCUT2D eigenvalue weighted by molar-refractivity contribution is 0.00578. The van der Waals surface area contributed by atoms with E-state index in [1.165, 1.54) is 11.3 Å². The van der Waals surface area contributed by atoms with E-state index in [9.17, 15) is 0 Å². The molecule has 0 spiro atoms. The number of thiophene rings is 1. The van der Waals surface area contributed by atoms with Gasteiger partial charge in [0.2, 0.25) is 0 Å². The van der Waals surface area contributed by atoms with Gasteiger partial charge >= 0.3 is 7.12 Å². The van der Waals surface area contributed by atoms with Gasteiger partial charge in [-0.2, -0.15) is 5.26 Å². The van der Waals surface area contributed by atoms with Crippen LogP contribution in [0.15, 0.2) is 6.07 Å². The highest BCUT2D eigenvalue weighted by Gasteiger charge is 2.52. The van der Waals surface area contributed by atoms with Crippen molar-refractivity contribution in [3.63, 3.8) is 0 Å². The summed E-state index contributed by atoms with van der Waals surface area (Å²) in [5.74, 6) is 0. The third-order valence-corrected chi connectivity index (χ3v) is 4.70. The molecule has 17 heavy (non-hydrogen) atoms. The minimum Gasteiger partial charge on any atom is -0.399 e. The van der Waals surface area contributed by atoms with Crippen molar-refractivity contribution in [3.05, 3.63) is 16.5 Å². The molecule has 3 nitrogen and oxygen atoms in total. The summed E-state index contributed by atoms with van der Waals surface area (Å²) in [5, 5.41) is 8.90. The molecule has 90 valence electrons. The SMILES string of the molecule is Cc1cc(C#N)sc1B1OC(C)(C)C(C)(C)O1. The van der Waals surface area contributed by atoms with Gasteiger partial charge in [-0.3, -0.25) is 0 Å². The number of nitrogens with zero attached hydrogens (tertiary/aromatic N) is 1. The smallest absolute Gasteiger partial charge is 0.399 e. The van der Waals surface area contributed by atoms with Crippen molar-refractivity contribution in [2.45, 2.75) is 45.8 Å². The maximum Gasteiger partial charge on any atom is 0.505 e. The predicted molar refractivity (Wildman–Crippen MR) is 69.5 cm³/mol. The van der Waals surface area contributed by atoms with E-state index < -0.39 is 0 Å². The van der Waals surface area contributed by atoms with Gasteiger partial charge in [-0.15, -0.1) is 11.3 Å². The third kappa shape index (κ3) is 2.01. The summed E-state index contributed by atoms with van der Waals surface area (Å²) >= 11 is 1.45. The monoisotopic (exact) mass is 249 g/mol. The van der Waals surface area contributed by atoms with Crippen LogP contribution >= 0.6 is 11.3 Å². The van der Waals surface area contributed by atoms with Crippen LogP contribution in [0.4, 0.5) is 0 Å². The molecule has 1 aliphatic rings. The van der Waals surface area contributed by atoms with Crippen molar-refractivity contribution in [1.82, 2.24) is 0 Å². The summed E-state index contributed by atoms with van der Waals surface area (Å²) in [6.07, 6.45) is 0. The summed E-state index contributed by atoms with van der Waals surface area (Å²) in [5.41, 5.74) is 0.395. The topological polar surface area (TPSA) is 42.2 Å². The van der Waals surface area contributed by atoms with Gasteiger partial charge in [0.1, 0.15) is 10.9 Å². The van der Waals surface area contributed by atoms with Gasteiger partial charge in [-0.05, 0) is 46.2 Å². The van der Waals surface area contributed by atoms with Crippen LogP contribution in [-0.4, -0.2) is 18.3 Å². The Labute approximate surface area is 106 Å². The molecule has 0 N–H and O–H groups in total. The fraction of sp³-hybridized carbons (Fsp3) is 0.583. The quantitative estimate of drug-likeness (QED) is 0.717. The van der Waals surface area contributed by atoms with Gasteiger partial charge in [0.15, 0.2) is 0 Å². The highest BCUT2D eigenvalue weighted by atomic mass is 32.1. The normalized spacial score (nSPS) is 21.5. The van der Waals surface area contributed by atoms with E-state index in [1.807, 2.05) is 40.7 Å². The van der Waals surface area contributed by atoms with E-state index in [1.54, 1.807) is 0 Å². The summed E-state index contributed by atoms with van der Waals surface area (Å²) in [4.78, 5) is 0.701. The second-order valence-electron chi connectivity index (χ2n) is 5.36. The molecule has 1 saturated heterocycles. The van der Waals surface area contributed by atoms with Gasteiger partial charge < -0.3 is 9.31 Å². The van der Waals surface area contributed by atoms with Crippen LogP contribution in [0.1, 0.15) is 38.1 Å². The summed E-state index contributed by atoms with van der Waals surface area (Å²) < 4.78 is 12.9. The Hall–Kier alpha value is -0.825. The molecule has 0 saturated carbocycles. The van der Waals surface area contributed by atoms with Crippen molar-refractivity contribution in [2.75, 3.05) is 0 Å². The highest BCUT2D eigenvalue weighted by Crippen LogP contribution is 2.37. The van der Waals surface area contributed by atoms with Gasteiger partial charge in [0, 0.05) is 4.78 Å². The van der Waals surface area contributed by atoms with E-state index in [0.29, 0.717) is 4.88 Å². The largest absolute Gasteiger partial charge is 0.505 e. The molecule has 2 rings (SSSR count). The molecular formula is C12H16BNO2S. The first-order valence-electron chi connectivity index (χ1n) is 5.63. The number of nitriles is 1. The maximum atomic E-state index is 8.90. The summed E-state index contributed by atoms with van der Waals surface area (Å²) in [6, 6.07) is 4.04. The predicted octanol–water partition coefficient (Wildman–Crippen LogP) is 2.23. The Bertz CT molecular complexity index is 471. The Kier molecular flexibility index (Phi) is 2.85. The molecule has 1 fully saturated rings. The number of rotatable bonds is 1. The average Bonchev–Trinajstić information content (AvgIpc) is 2.66. The van der Waals surface area contributed by atoms with Crippen molar-refractivity contribution >= 4 is 23.2 Å². The Morgan fingerprint density at radius 1 is 1.24 bits per heavy atom. The van der Waals surface area contributed by atoms with E-state index in [-0.39, 0.29) is 18.3 Å². The Balaban J connectivity index is 2.32. The maximum absolute atomic E-state index is 8.90. The summed E-state index contributed by atoms with van der Waals surface area (Å²) in [6.45, 7) is 10.1. The average molecular weight is 249 g/mol. The van der Waals surface area contributed by atoms with Crippen LogP contribution in [0.5, 0.6) is 0 Å². The van der Waals surface area contributed by atoms with E-state index in [2.05, 4.69) is 6.07 Å². The van der Waals surface area contributed by atoms with Gasteiger partial charge in [-0.25, -0.2) is 0 Å². The van der Waals surface area contributed by atoms with Crippen LogP contribution in [-0.2, 0) is 9.31 Å². The zero-order chi connectivity index (χ0) is 12.8. The Morgan fingerprint density at radius 2 is 1.76 bits per heavy atom. The molecule has 1 aliphatic heterocycles. The van der Waals surface area contributed by atoms with E-state index in [0.717, 1.165) is 10.3 Å². The van der Waals surface area contributed by atoms with Crippen molar-refractivity contribution in [1.29, 1.82) is 5.26 Å². The van der Waals surface area contributed by atoms with Gasteiger partial charge in [-0.1, -0.05) is 0 Å². The van der Waals surface area contributed by atoms with Crippen LogP contribution in [0, 0.1) is 18.3 Å². The van der Waals surface area contributed by atoms with Crippen LogP contribution in [0.25, 0.3) is 0 Å². The minimum absolute atomic E-state index is 0.332. The molecule has 0 amide bonds. The molecule has 0 atom stereocenters. The molecule has 5 heteroatoms. The van der Waals surface area contributed by atoms with E-state index >= 15 is 0 Å². The van der Waals surface area contributed by atoms with Crippen molar-refractivity contribution in [3.8, 4) is 6.07 Å². The molecule has 1 aromatic rings. The second-order valence-corrected chi connectivity index (χ2v) is 6.44. The number of hydrogen-bond acceptors (Lipinski definition) is 4. The lowest BCUT2D eigenvalue weighted by Gasteiger charge is -2.32. The molecule has 0 radical (unpaired) electrons. The third-order valence-electron chi connectivity index (χ3n) is 3.53. The minimum atomic E-state index is -0.355.